The molecular formula is C15H29NNaO2+. The van der Waals surface area contributed by atoms with Crippen LogP contribution >= 0.6 is 0 Å². The van der Waals surface area contributed by atoms with Gasteiger partial charge in [-0.25, -0.2) is 0 Å². The molecule has 0 bridgehead atoms. The molecule has 0 N–H and O–H groups in total. The van der Waals surface area contributed by atoms with E-state index in [9.17, 15) is 9.90 Å². The normalized spacial score (nSPS) is 17.1. The van der Waals surface area contributed by atoms with Gasteiger partial charge >= 0.3 is 29.6 Å². The molecule has 0 aromatic heterocycles. The number of aliphatic carboxylic acids is 1. The van der Waals surface area contributed by atoms with Crippen LogP contribution in [0.2, 0.25) is 0 Å². The van der Waals surface area contributed by atoms with Crippen LogP contribution in [0.5, 0.6) is 0 Å². The second-order valence-electron chi connectivity index (χ2n) is 6.09. The van der Waals surface area contributed by atoms with Crippen LogP contribution in [-0.2, 0) is 4.79 Å². The van der Waals surface area contributed by atoms with E-state index >= 15 is 0 Å². The third-order valence-corrected chi connectivity index (χ3v) is 4.22. The molecule has 1 aliphatic rings. The molecule has 106 valence electrons. The van der Waals surface area contributed by atoms with E-state index in [1.54, 1.807) is 0 Å². The standard InChI is InChI=1S/C15H29NO2.Na/c1-16(13-9-10-14-16)12-8-6-4-2-3-5-7-11-15(17)18;/h2-14H2,1H3;/q;+1. The van der Waals surface area contributed by atoms with Crippen LogP contribution in [0.3, 0.4) is 0 Å². The Balaban J connectivity index is 0.00000324. The maximum absolute atomic E-state index is 10.2. The van der Waals surface area contributed by atoms with Crippen LogP contribution in [0, 0.1) is 0 Å². The van der Waals surface area contributed by atoms with Crippen molar-refractivity contribution < 1.29 is 43.9 Å². The van der Waals surface area contributed by atoms with Crippen molar-refractivity contribution in [2.45, 2.75) is 64.2 Å². The minimum atomic E-state index is -0.905. The Hall–Kier alpha value is 0.430. The zero-order valence-corrected chi connectivity index (χ0v) is 15.0. The molecule has 0 unspecified atom stereocenters. The largest absolute Gasteiger partial charge is 1.00 e. The second kappa shape index (κ2) is 11.1. The minimum absolute atomic E-state index is 0. The first kappa shape index (κ1) is 19.4. The van der Waals surface area contributed by atoms with Crippen molar-refractivity contribution >= 4 is 5.97 Å². The average molecular weight is 278 g/mol. The van der Waals surface area contributed by atoms with E-state index in [0.717, 1.165) is 12.8 Å². The molecule has 1 aliphatic heterocycles. The smallest absolute Gasteiger partial charge is 0.550 e. The molecule has 4 heteroatoms. The second-order valence-corrected chi connectivity index (χ2v) is 6.09. The number of hydrogen-bond acceptors (Lipinski definition) is 2. The van der Waals surface area contributed by atoms with Crippen molar-refractivity contribution in [1.82, 2.24) is 0 Å². The summed E-state index contributed by atoms with van der Waals surface area (Å²) in [6.07, 6.45) is 11.3. The van der Waals surface area contributed by atoms with Crippen molar-refractivity contribution in [1.29, 1.82) is 0 Å². The molecule has 1 heterocycles. The molecule has 0 atom stereocenters. The van der Waals surface area contributed by atoms with Gasteiger partial charge in [-0.1, -0.05) is 25.7 Å². The van der Waals surface area contributed by atoms with E-state index in [1.807, 2.05) is 0 Å². The summed E-state index contributed by atoms with van der Waals surface area (Å²) in [5.74, 6) is -0.905. The predicted molar refractivity (Wildman–Crippen MR) is 72.0 cm³/mol. The number of rotatable bonds is 10. The van der Waals surface area contributed by atoms with E-state index in [4.69, 9.17) is 0 Å². The van der Waals surface area contributed by atoms with Gasteiger partial charge in [0.25, 0.3) is 0 Å². The van der Waals surface area contributed by atoms with Gasteiger partial charge in [-0.3, -0.25) is 0 Å². The van der Waals surface area contributed by atoms with E-state index < -0.39 is 5.97 Å². The van der Waals surface area contributed by atoms with Gasteiger partial charge < -0.3 is 14.4 Å². The Bertz CT molecular complexity index is 240. The van der Waals surface area contributed by atoms with Crippen LogP contribution in [-0.4, -0.2) is 37.1 Å². The van der Waals surface area contributed by atoms with E-state index in [-0.39, 0.29) is 36.0 Å². The van der Waals surface area contributed by atoms with E-state index in [2.05, 4.69) is 7.05 Å². The quantitative estimate of drug-likeness (QED) is 0.295. The Labute approximate surface area is 140 Å². The van der Waals surface area contributed by atoms with Crippen molar-refractivity contribution in [2.24, 2.45) is 0 Å². The monoisotopic (exact) mass is 278 g/mol. The molecular weight excluding hydrogens is 249 g/mol. The topological polar surface area (TPSA) is 40.1 Å². The fourth-order valence-corrected chi connectivity index (χ4v) is 2.97. The summed E-state index contributed by atoms with van der Waals surface area (Å²) >= 11 is 0. The Morgan fingerprint density at radius 1 is 0.947 bits per heavy atom. The molecule has 0 aromatic rings. The fraction of sp³-hybridized carbons (Fsp3) is 0.933. The third-order valence-electron chi connectivity index (χ3n) is 4.22. The van der Waals surface area contributed by atoms with E-state index in [1.165, 1.54) is 69.1 Å². The summed E-state index contributed by atoms with van der Waals surface area (Å²) in [6.45, 7) is 4.11. The SMILES string of the molecule is C[N+]1(CCCCCCCCCC(=O)[O-])CCCC1.[Na+]. The van der Waals surface area contributed by atoms with Crippen molar-refractivity contribution in [3.05, 3.63) is 0 Å². The molecule has 0 saturated carbocycles. The predicted octanol–water partition coefficient (Wildman–Crippen LogP) is -0.898. The van der Waals surface area contributed by atoms with Crippen molar-refractivity contribution in [2.75, 3.05) is 26.7 Å². The van der Waals surface area contributed by atoms with Gasteiger partial charge in [0, 0.05) is 18.8 Å². The number of nitrogens with zero attached hydrogens (tertiary/aromatic N) is 1. The van der Waals surface area contributed by atoms with Gasteiger partial charge in [-0.05, 0) is 25.7 Å². The molecule has 0 radical (unpaired) electrons. The van der Waals surface area contributed by atoms with Gasteiger partial charge in [0.15, 0.2) is 0 Å². The van der Waals surface area contributed by atoms with Gasteiger partial charge in [0.2, 0.25) is 0 Å². The van der Waals surface area contributed by atoms with Gasteiger partial charge in [-0.15, -0.1) is 0 Å². The number of carbonyl (C=O) groups is 1. The van der Waals surface area contributed by atoms with Gasteiger partial charge in [-0.2, -0.15) is 0 Å². The number of carbonyl (C=O) groups excluding carboxylic acids is 1. The maximum Gasteiger partial charge on any atom is 1.00 e. The number of unbranched alkanes of at least 4 members (excludes halogenated alkanes) is 6. The number of hydrogen-bond donors (Lipinski definition) is 0. The molecule has 1 fully saturated rings. The van der Waals surface area contributed by atoms with Crippen molar-refractivity contribution in [3.63, 3.8) is 0 Å². The van der Waals surface area contributed by atoms with Crippen LogP contribution in [0.15, 0.2) is 0 Å². The first-order valence-electron chi connectivity index (χ1n) is 7.66. The average Bonchev–Trinajstić information content (AvgIpc) is 2.74. The zero-order chi connectivity index (χ0) is 13.3. The number of likely N-dealkylation sites (tertiary alicyclic amines) is 1. The summed E-state index contributed by atoms with van der Waals surface area (Å²) in [5.41, 5.74) is 0. The number of carboxylic acids is 1. The molecule has 19 heavy (non-hydrogen) atoms. The van der Waals surface area contributed by atoms with Crippen LogP contribution in [0.4, 0.5) is 0 Å². The third kappa shape index (κ3) is 9.89. The fourth-order valence-electron chi connectivity index (χ4n) is 2.97. The Morgan fingerprint density at radius 3 is 1.95 bits per heavy atom. The summed E-state index contributed by atoms with van der Waals surface area (Å²) in [6, 6.07) is 0. The van der Waals surface area contributed by atoms with Crippen LogP contribution < -0.4 is 34.7 Å². The summed E-state index contributed by atoms with van der Waals surface area (Å²) in [5, 5.41) is 10.2. The number of quaternary nitrogens is 1. The van der Waals surface area contributed by atoms with E-state index in [0.29, 0.717) is 0 Å². The zero-order valence-electron chi connectivity index (χ0n) is 13.0. The van der Waals surface area contributed by atoms with Crippen molar-refractivity contribution in [3.8, 4) is 0 Å². The molecule has 0 spiro atoms. The first-order chi connectivity index (χ1) is 8.62. The molecule has 0 aromatic carbocycles. The minimum Gasteiger partial charge on any atom is -0.550 e. The summed E-state index contributed by atoms with van der Waals surface area (Å²) < 4.78 is 1.30. The van der Waals surface area contributed by atoms with Gasteiger partial charge in [0.1, 0.15) is 0 Å². The molecule has 1 rings (SSSR count). The summed E-state index contributed by atoms with van der Waals surface area (Å²) in [4.78, 5) is 10.2. The van der Waals surface area contributed by atoms with Crippen LogP contribution in [0.1, 0.15) is 64.2 Å². The van der Waals surface area contributed by atoms with Crippen LogP contribution in [0.25, 0.3) is 0 Å². The molecule has 0 aliphatic carbocycles. The Morgan fingerprint density at radius 2 is 1.42 bits per heavy atom. The molecule has 0 amide bonds. The Kier molecular flexibility index (Phi) is 11.4. The van der Waals surface area contributed by atoms with Gasteiger partial charge in [0.05, 0.1) is 26.7 Å². The first-order valence-corrected chi connectivity index (χ1v) is 7.66. The summed E-state index contributed by atoms with van der Waals surface area (Å²) in [7, 11) is 2.40. The maximum atomic E-state index is 10.2. The molecule has 3 nitrogen and oxygen atoms in total. The molecule has 1 saturated heterocycles. The number of carboxylic acid groups (broad SMARTS) is 1.